The molecule has 2 aliphatic rings. The van der Waals surface area contributed by atoms with Gasteiger partial charge in [-0.05, 0) is 35.7 Å². The van der Waals surface area contributed by atoms with Crippen LogP contribution in [0.1, 0.15) is 33.7 Å². The van der Waals surface area contributed by atoms with E-state index in [0.29, 0.717) is 16.7 Å². The number of ether oxygens (including phenoxy) is 1. The van der Waals surface area contributed by atoms with Gasteiger partial charge >= 0.3 is 5.97 Å². The number of rotatable bonds is 5. The summed E-state index contributed by atoms with van der Waals surface area (Å²) in [6.07, 6.45) is -7.16. The second-order valence-corrected chi connectivity index (χ2v) is 9.14. The molecule has 0 bridgehead atoms. The van der Waals surface area contributed by atoms with E-state index in [2.05, 4.69) is 17.6 Å². The summed E-state index contributed by atoms with van der Waals surface area (Å²) in [4.78, 5) is 16.1. The molecule has 0 spiro atoms. The zero-order valence-electron chi connectivity index (χ0n) is 18.7. The monoisotopic (exact) mass is 505 g/mol. The van der Waals surface area contributed by atoms with Crippen molar-refractivity contribution in [2.45, 2.75) is 49.4 Å². The van der Waals surface area contributed by atoms with Gasteiger partial charge in [-0.1, -0.05) is 18.2 Å². The molecule has 1 fully saturated rings. The van der Waals surface area contributed by atoms with Crippen molar-refractivity contribution in [1.29, 1.82) is 0 Å². The number of aliphatic hydroxyl groups excluding tert-OH is 4. The number of aryl methyl sites for hydroxylation is 1. The first-order valence-electron chi connectivity index (χ1n) is 11.0. The molecule has 35 heavy (non-hydrogen) atoms. The highest BCUT2D eigenvalue weighted by Crippen LogP contribution is 2.48. The molecule has 2 aromatic rings. The lowest BCUT2D eigenvalue weighted by Gasteiger charge is -2.45. The standard InChI is InChI=1S/C24H27NO9S/c1-9-5-11-16(23-22(31)21(30)20(29)15(7-26)34-23)10-3-2-4-13(27)17(10)19(18(11)14(28)6-9)25-12(8-35)24(32)33/h2-6,12,15-16,20-23,26-31,35H,7-8H2,1H3,(H,32,33)/t12?,15-,16?,20-,21+,22-,23+/m1/s1. The highest BCUT2D eigenvalue weighted by atomic mass is 32.1. The Kier molecular flexibility index (Phi) is 7.09. The highest BCUT2D eigenvalue weighted by molar-refractivity contribution is 7.80. The molecule has 4 rings (SSSR count). The maximum absolute atomic E-state index is 11.7. The van der Waals surface area contributed by atoms with Crippen molar-refractivity contribution < 1.29 is 45.3 Å². The summed E-state index contributed by atoms with van der Waals surface area (Å²) < 4.78 is 5.86. The predicted octanol–water partition coefficient (Wildman–Crippen LogP) is -0.0857. The van der Waals surface area contributed by atoms with Crippen molar-refractivity contribution in [3.63, 3.8) is 0 Å². The van der Waals surface area contributed by atoms with Gasteiger partial charge in [0.25, 0.3) is 0 Å². The molecule has 1 saturated heterocycles. The molecule has 1 heterocycles. The van der Waals surface area contributed by atoms with Crippen molar-refractivity contribution in [2.24, 2.45) is 4.99 Å². The van der Waals surface area contributed by atoms with Crippen molar-refractivity contribution in [1.82, 2.24) is 0 Å². The molecule has 10 nitrogen and oxygen atoms in total. The quantitative estimate of drug-likeness (QED) is 0.258. The van der Waals surface area contributed by atoms with Gasteiger partial charge in [0.1, 0.15) is 35.9 Å². The van der Waals surface area contributed by atoms with Gasteiger partial charge in [-0.15, -0.1) is 0 Å². The van der Waals surface area contributed by atoms with Gasteiger partial charge < -0.3 is 40.5 Å². The second kappa shape index (κ2) is 9.76. The molecule has 1 aliphatic heterocycles. The van der Waals surface area contributed by atoms with Crippen molar-refractivity contribution in [3.8, 4) is 11.5 Å². The number of aliphatic hydroxyl groups is 4. The number of aliphatic imine (C=N–C) groups is 1. The van der Waals surface area contributed by atoms with Crippen LogP contribution in [0.25, 0.3) is 0 Å². The molecule has 0 aromatic heterocycles. The van der Waals surface area contributed by atoms with E-state index < -0.39 is 55.1 Å². The Bertz CT molecular complexity index is 1170. The molecule has 0 radical (unpaired) electrons. The SMILES string of the molecule is Cc1cc(O)c2c(c1)C([C@@H]1O[C@H](CO)[C@@H](O)[C@H](O)[C@H]1O)c1cccc(O)c1C2=NC(CS)C(=O)O. The third kappa shape index (κ3) is 4.28. The Balaban J connectivity index is 2.02. The van der Waals surface area contributed by atoms with Crippen molar-refractivity contribution >= 4 is 24.3 Å². The lowest BCUT2D eigenvalue weighted by atomic mass is 9.71. The number of phenolic OH excluding ortho intramolecular Hbond substituents is 2. The van der Waals surface area contributed by atoms with E-state index in [-0.39, 0.29) is 34.1 Å². The van der Waals surface area contributed by atoms with Gasteiger partial charge in [-0.2, -0.15) is 12.6 Å². The van der Waals surface area contributed by atoms with E-state index in [1.165, 1.54) is 12.1 Å². The van der Waals surface area contributed by atoms with Crippen LogP contribution in [0.5, 0.6) is 11.5 Å². The molecule has 188 valence electrons. The van der Waals surface area contributed by atoms with Crippen LogP contribution in [0.4, 0.5) is 0 Å². The van der Waals surface area contributed by atoms with Crippen LogP contribution >= 0.6 is 12.6 Å². The third-order valence-electron chi connectivity index (χ3n) is 6.51. The third-order valence-corrected chi connectivity index (χ3v) is 6.86. The van der Waals surface area contributed by atoms with Crippen LogP contribution < -0.4 is 0 Å². The number of thiol groups is 1. The molecule has 0 amide bonds. The topological polar surface area (TPSA) is 180 Å². The Labute approximate surface area is 206 Å². The van der Waals surface area contributed by atoms with Gasteiger partial charge in [0.05, 0.1) is 18.4 Å². The van der Waals surface area contributed by atoms with E-state index >= 15 is 0 Å². The normalized spacial score (nSPS) is 29.9. The minimum atomic E-state index is -1.64. The lowest BCUT2D eigenvalue weighted by Crippen LogP contribution is -2.60. The number of nitrogens with zero attached hydrogens (tertiary/aromatic N) is 1. The summed E-state index contributed by atoms with van der Waals surface area (Å²) in [6, 6.07) is 6.45. The van der Waals surface area contributed by atoms with Crippen LogP contribution in [-0.2, 0) is 9.53 Å². The first-order valence-corrected chi connectivity index (χ1v) is 11.6. The smallest absolute Gasteiger partial charge is 0.329 e. The van der Waals surface area contributed by atoms with Crippen molar-refractivity contribution in [2.75, 3.05) is 12.4 Å². The summed E-state index contributed by atoms with van der Waals surface area (Å²) >= 11 is 4.07. The first kappa shape index (κ1) is 25.4. The Morgan fingerprint density at radius 1 is 1.06 bits per heavy atom. The average molecular weight is 506 g/mol. The molecule has 2 aromatic carbocycles. The molecule has 7 atom stereocenters. The number of benzene rings is 2. The van der Waals surface area contributed by atoms with Gasteiger partial charge in [0, 0.05) is 22.8 Å². The zero-order valence-corrected chi connectivity index (χ0v) is 19.6. The number of carbonyl (C=O) groups is 1. The Hall–Kier alpha value is -2.67. The maximum atomic E-state index is 11.7. The summed E-state index contributed by atoms with van der Waals surface area (Å²) in [6.45, 7) is 1.11. The second-order valence-electron chi connectivity index (χ2n) is 8.78. The molecule has 0 saturated carbocycles. The molecular weight excluding hydrogens is 478 g/mol. The molecule has 2 unspecified atom stereocenters. The molecule has 7 N–H and O–H groups in total. The fourth-order valence-corrected chi connectivity index (χ4v) is 5.12. The average Bonchev–Trinajstić information content (AvgIpc) is 2.81. The largest absolute Gasteiger partial charge is 0.507 e. The van der Waals surface area contributed by atoms with Crippen molar-refractivity contribution in [3.05, 3.63) is 58.1 Å². The first-order chi connectivity index (χ1) is 16.6. The molecule has 11 heteroatoms. The van der Waals surface area contributed by atoms with E-state index in [4.69, 9.17) is 4.74 Å². The van der Waals surface area contributed by atoms with Gasteiger partial charge in [-0.3, -0.25) is 4.99 Å². The van der Waals surface area contributed by atoms with E-state index in [1.54, 1.807) is 25.1 Å². The van der Waals surface area contributed by atoms with E-state index in [9.17, 15) is 40.5 Å². The molecule has 1 aliphatic carbocycles. The summed E-state index contributed by atoms with van der Waals surface area (Å²) in [5.41, 5.74) is 1.75. The highest BCUT2D eigenvalue weighted by Gasteiger charge is 2.49. The summed E-state index contributed by atoms with van der Waals surface area (Å²) in [5.74, 6) is -2.74. The lowest BCUT2D eigenvalue weighted by molar-refractivity contribution is -0.232. The Morgan fingerprint density at radius 2 is 1.74 bits per heavy atom. The Morgan fingerprint density at radius 3 is 2.37 bits per heavy atom. The van der Waals surface area contributed by atoms with Crippen LogP contribution in [0.15, 0.2) is 35.3 Å². The van der Waals surface area contributed by atoms with E-state index in [0.717, 1.165) is 0 Å². The number of hydrogen-bond acceptors (Lipinski definition) is 10. The summed E-state index contributed by atoms with van der Waals surface area (Å²) in [7, 11) is 0. The number of carboxylic acid groups (broad SMARTS) is 1. The summed E-state index contributed by atoms with van der Waals surface area (Å²) in [5, 5.41) is 72.6. The van der Waals surface area contributed by atoms with Gasteiger partial charge in [-0.25, -0.2) is 4.79 Å². The van der Waals surface area contributed by atoms with Crippen LogP contribution in [-0.4, -0.2) is 96.3 Å². The number of aromatic hydroxyl groups is 2. The van der Waals surface area contributed by atoms with Crippen LogP contribution in [0.3, 0.4) is 0 Å². The van der Waals surface area contributed by atoms with Crippen LogP contribution in [0.2, 0.25) is 0 Å². The number of fused-ring (bicyclic) bond motifs is 2. The number of carboxylic acids is 1. The predicted molar refractivity (Wildman–Crippen MR) is 127 cm³/mol. The van der Waals surface area contributed by atoms with Gasteiger partial charge in [0.15, 0.2) is 6.04 Å². The fraction of sp³-hybridized carbons (Fsp3) is 0.417. The maximum Gasteiger partial charge on any atom is 0.329 e. The number of phenols is 2. The number of hydrogen-bond donors (Lipinski definition) is 8. The van der Waals surface area contributed by atoms with Gasteiger partial charge in [0.2, 0.25) is 0 Å². The van der Waals surface area contributed by atoms with E-state index in [1.807, 2.05) is 0 Å². The van der Waals surface area contributed by atoms with Crippen LogP contribution in [0, 0.1) is 6.92 Å². The minimum Gasteiger partial charge on any atom is -0.507 e. The molecular formula is C24H27NO9S. The number of aliphatic carboxylic acids is 1. The fourth-order valence-electron chi connectivity index (χ4n) is 4.88. The minimum absolute atomic E-state index is 0.0351. The zero-order chi connectivity index (χ0) is 25.6.